The second kappa shape index (κ2) is 5.45. The standard InChI is InChI=1S/C15H23N3O/c1-17-10-8-16-15(17)11-18-9-3-2-6-13(18)12-5-4-7-14(12)19/h8,10,12-13H,2-7,9,11H2,1H3. The van der Waals surface area contributed by atoms with E-state index in [1.165, 1.54) is 19.3 Å². The molecular weight excluding hydrogens is 238 g/mol. The van der Waals surface area contributed by atoms with Gasteiger partial charge in [-0.25, -0.2) is 4.98 Å². The summed E-state index contributed by atoms with van der Waals surface area (Å²) >= 11 is 0. The zero-order chi connectivity index (χ0) is 13.2. The maximum atomic E-state index is 12.0. The number of imidazole rings is 1. The third-order valence-corrected chi connectivity index (χ3v) is 4.75. The molecule has 1 saturated carbocycles. The second-order valence-electron chi connectivity index (χ2n) is 5.95. The van der Waals surface area contributed by atoms with Crippen LogP contribution in [0, 0.1) is 5.92 Å². The third kappa shape index (κ3) is 2.59. The molecule has 0 aromatic carbocycles. The SMILES string of the molecule is Cn1ccnc1CN1CCCCC1C1CCCC1=O. The predicted octanol–water partition coefficient (Wildman–Crippen LogP) is 2.14. The molecule has 2 heterocycles. The summed E-state index contributed by atoms with van der Waals surface area (Å²) in [6, 6.07) is 0.459. The zero-order valence-corrected chi connectivity index (χ0v) is 11.7. The van der Waals surface area contributed by atoms with E-state index in [1.54, 1.807) is 0 Å². The van der Waals surface area contributed by atoms with Crippen LogP contribution in [0.1, 0.15) is 44.3 Å². The average molecular weight is 261 g/mol. The van der Waals surface area contributed by atoms with Gasteiger partial charge in [0.1, 0.15) is 11.6 Å². The number of Topliss-reactive ketones (excluding diaryl/α,β-unsaturated/α-hetero) is 1. The summed E-state index contributed by atoms with van der Waals surface area (Å²) in [6.45, 7) is 2.00. The van der Waals surface area contributed by atoms with E-state index in [9.17, 15) is 4.79 Å². The van der Waals surface area contributed by atoms with Gasteiger partial charge in [-0.1, -0.05) is 6.42 Å². The molecule has 2 fully saturated rings. The van der Waals surface area contributed by atoms with Crippen LogP contribution >= 0.6 is 0 Å². The highest BCUT2D eigenvalue weighted by atomic mass is 16.1. The van der Waals surface area contributed by atoms with Gasteiger partial charge in [0.25, 0.3) is 0 Å². The highest BCUT2D eigenvalue weighted by Crippen LogP contribution is 2.33. The van der Waals surface area contributed by atoms with Gasteiger partial charge in [-0.2, -0.15) is 0 Å². The molecule has 19 heavy (non-hydrogen) atoms. The van der Waals surface area contributed by atoms with Gasteiger partial charge < -0.3 is 4.57 Å². The lowest BCUT2D eigenvalue weighted by Gasteiger charge is -2.38. The normalized spacial score (nSPS) is 29.0. The van der Waals surface area contributed by atoms with Crippen molar-refractivity contribution in [3.05, 3.63) is 18.2 Å². The zero-order valence-electron chi connectivity index (χ0n) is 11.7. The Labute approximate surface area is 114 Å². The number of hydrogen-bond donors (Lipinski definition) is 0. The van der Waals surface area contributed by atoms with Crippen LogP contribution in [-0.2, 0) is 18.4 Å². The molecule has 2 unspecified atom stereocenters. The Balaban J connectivity index is 1.74. The fraction of sp³-hybridized carbons (Fsp3) is 0.733. The number of nitrogens with zero attached hydrogens (tertiary/aromatic N) is 3. The van der Waals surface area contributed by atoms with Crippen molar-refractivity contribution in [1.82, 2.24) is 14.5 Å². The van der Waals surface area contributed by atoms with Crippen LogP contribution in [0.4, 0.5) is 0 Å². The van der Waals surface area contributed by atoms with Crippen LogP contribution in [0.5, 0.6) is 0 Å². The summed E-state index contributed by atoms with van der Waals surface area (Å²) in [7, 11) is 2.04. The van der Waals surface area contributed by atoms with E-state index in [4.69, 9.17) is 0 Å². The summed E-state index contributed by atoms with van der Waals surface area (Å²) in [5.74, 6) is 1.90. The summed E-state index contributed by atoms with van der Waals surface area (Å²) in [6.07, 6.45) is 10.5. The van der Waals surface area contributed by atoms with Gasteiger partial charge in [0, 0.05) is 37.8 Å². The Morgan fingerprint density at radius 3 is 2.89 bits per heavy atom. The number of aromatic nitrogens is 2. The third-order valence-electron chi connectivity index (χ3n) is 4.75. The highest BCUT2D eigenvalue weighted by molar-refractivity contribution is 5.83. The molecule has 1 aromatic rings. The minimum atomic E-state index is 0.292. The van der Waals surface area contributed by atoms with Gasteiger partial charge in [0.05, 0.1) is 6.54 Å². The number of aryl methyl sites for hydroxylation is 1. The highest BCUT2D eigenvalue weighted by Gasteiger charge is 2.36. The van der Waals surface area contributed by atoms with Gasteiger partial charge in [-0.15, -0.1) is 0 Å². The van der Waals surface area contributed by atoms with E-state index >= 15 is 0 Å². The van der Waals surface area contributed by atoms with Gasteiger partial charge in [0.15, 0.2) is 0 Å². The molecule has 2 atom stereocenters. The molecular formula is C15H23N3O. The molecule has 1 saturated heterocycles. The van der Waals surface area contributed by atoms with Crippen LogP contribution in [0.15, 0.2) is 12.4 Å². The van der Waals surface area contributed by atoms with E-state index in [0.29, 0.717) is 17.7 Å². The van der Waals surface area contributed by atoms with Crippen LogP contribution in [-0.4, -0.2) is 32.8 Å². The van der Waals surface area contributed by atoms with Crippen LogP contribution in [0.25, 0.3) is 0 Å². The molecule has 1 aliphatic heterocycles. The van der Waals surface area contributed by atoms with E-state index in [2.05, 4.69) is 14.5 Å². The summed E-state index contributed by atoms with van der Waals surface area (Å²) in [5.41, 5.74) is 0. The number of carbonyl (C=O) groups excluding carboxylic acids is 1. The molecule has 1 aromatic heterocycles. The minimum absolute atomic E-state index is 0.292. The Morgan fingerprint density at radius 1 is 1.32 bits per heavy atom. The number of carbonyl (C=O) groups is 1. The Morgan fingerprint density at radius 2 is 2.21 bits per heavy atom. The van der Waals surface area contributed by atoms with Crippen LogP contribution in [0.2, 0.25) is 0 Å². The average Bonchev–Trinajstić information content (AvgIpc) is 3.00. The van der Waals surface area contributed by atoms with Crippen molar-refractivity contribution in [3.8, 4) is 0 Å². The van der Waals surface area contributed by atoms with Crippen LogP contribution < -0.4 is 0 Å². The minimum Gasteiger partial charge on any atom is -0.337 e. The van der Waals surface area contributed by atoms with Gasteiger partial charge in [-0.3, -0.25) is 9.69 Å². The van der Waals surface area contributed by atoms with Crippen molar-refractivity contribution >= 4 is 5.78 Å². The number of piperidine rings is 1. The molecule has 104 valence electrons. The van der Waals surface area contributed by atoms with E-state index in [1.807, 2.05) is 19.4 Å². The molecule has 0 bridgehead atoms. The Hall–Kier alpha value is -1.16. The van der Waals surface area contributed by atoms with Crippen molar-refractivity contribution in [2.75, 3.05) is 6.54 Å². The Bertz CT molecular complexity index is 454. The lowest BCUT2D eigenvalue weighted by molar-refractivity contribution is -0.123. The largest absolute Gasteiger partial charge is 0.337 e. The summed E-state index contributed by atoms with van der Waals surface area (Å²) in [4.78, 5) is 19.0. The van der Waals surface area contributed by atoms with E-state index < -0.39 is 0 Å². The molecule has 4 nitrogen and oxygen atoms in total. The maximum Gasteiger partial charge on any atom is 0.137 e. The lowest BCUT2D eigenvalue weighted by atomic mass is 9.88. The molecule has 0 spiro atoms. The first-order chi connectivity index (χ1) is 9.25. The van der Waals surface area contributed by atoms with Crippen LogP contribution in [0.3, 0.4) is 0 Å². The molecule has 4 heteroatoms. The van der Waals surface area contributed by atoms with Crippen molar-refractivity contribution in [2.45, 2.75) is 51.1 Å². The summed E-state index contributed by atoms with van der Waals surface area (Å²) in [5, 5.41) is 0. The van der Waals surface area contributed by atoms with Gasteiger partial charge >= 0.3 is 0 Å². The molecule has 0 N–H and O–H groups in total. The molecule has 1 aliphatic carbocycles. The molecule has 2 aliphatic rings. The predicted molar refractivity (Wildman–Crippen MR) is 73.6 cm³/mol. The first-order valence-corrected chi connectivity index (χ1v) is 7.48. The first-order valence-electron chi connectivity index (χ1n) is 7.48. The van der Waals surface area contributed by atoms with Gasteiger partial charge in [0.2, 0.25) is 0 Å². The molecule has 0 radical (unpaired) electrons. The monoisotopic (exact) mass is 261 g/mol. The van der Waals surface area contributed by atoms with Crippen molar-refractivity contribution in [3.63, 3.8) is 0 Å². The topological polar surface area (TPSA) is 38.1 Å². The lowest BCUT2D eigenvalue weighted by Crippen LogP contribution is -2.45. The second-order valence-corrected chi connectivity index (χ2v) is 5.95. The number of ketones is 1. The fourth-order valence-corrected chi connectivity index (χ4v) is 3.65. The summed E-state index contributed by atoms with van der Waals surface area (Å²) < 4.78 is 2.09. The van der Waals surface area contributed by atoms with Crippen molar-refractivity contribution in [2.24, 2.45) is 13.0 Å². The van der Waals surface area contributed by atoms with Crippen molar-refractivity contribution < 1.29 is 4.79 Å². The molecule has 0 amide bonds. The maximum absolute atomic E-state index is 12.0. The Kier molecular flexibility index (Phi) is 3.69. The number of hydrogen-bond acceptors (Lipinski definition) is 3. The smallest absolute Gasteiger partial charge is 0.137 e. The van der Waals surface area contributed by atoms with E-state index in [0.717, 1.165) is 38.2 Å². The quantitative estimate of drug-likeness (QED) is 0.836. The fourth-order valence-electron chi connectivity index (χ4n) is 3.65. The number of rotatable bonds is 3. The number of likely N-dealkylation sites (tertiary alicyclic amines) is 1. The van der Waals surface area contributed by atoms with Gasteiger partial charge in [-0.05, 0) is 32.2 Å². The van der Waals surface area contributed by atoms with Crippen molar-refractivity contribution in [1.29, 1.82) is 0 Å². The van der Waals surface area contributed by atoms with E-state index in [-0.39, 0.29) is 0 Å². The molecule has 3 rings (SSSR count). The first kappa shape index (κ1) is 12.9.